The molecule has 3 aliphatic carbocycles. The maximum Gasteiger partial charge on any atom is 0.225 e. The number of fused-ring (bicyclic) bond motifs is 2. The van der Waals surface area contributed by atoms with E-state index in [1.165, 1.54) is 57.8 Å². The van der Waals surface area contributed by atoms with Crippen molar-refractivity contribution < 1.29 is 4.79 Å². The van der Waals surface area contributed by atoms with E-state index in [1.807, 2.05) is 0 Å². The Morgan fingerprint density at radius 3 is 2.39 bits per heavy atom. The second kappa shape index (κ2) is 4.25. The van der Waals surface area contributed by atoms with Crippen LogP contribution in [0.5, 0.6) is 0 Å². The monoisotopic (exact) mass is 247 g/mol. The first-order valence-electron chi connectivity index (χ1n) is 8.13. The SMILES string of the molecule is O=C(C1CC2CC2C1)N1CCC[C@H]2CCCC[C@H]21. The number of amides is 1. The molecule has 1 heterocycles. The first-order chi connectivity index (χ1) is 8.83. The third kappa shape index (κ3) is 1.80. The van der Waals surface area contributed by atoms with Crippen LogP contribution in [0, 0.1) is 23.7 Å². The number of hydrogen-bond acceptors (Lipinski definition) is 1. The van der Waals surface area contributed by atoms with Gasteiger partial charge in [0, 0.05) is 18.5 Å². The molecule has 0 aromatic rings. The van der Waals surface area contributed by atoms with Gasteiger partial charge in [-0.3, -0.25) is 4.79 Å². The molecule has 2 nitrogen and oxygen atoms in total. The van der Waals surface area contributed by atoms with Crippen LogP contribution in [-0.2, 0) is 4.79 Å². The normalized spacial score (nSPS) is 46.4. The van der Waals surface area contributed by atoms with Gasteiger partial charge in [-0.1, -0.05) is 12.8 Å². The minimum atomic E-state index is 0.412. The number of likely N-dealkylation sites (tertiary alicyclic amines) is 1. The van der Waals surface area contributed by atoms with E-state index in [-0.39, 0.29) is 0 Å². The zero-order chi connectivity index (χ0) is 12.1. The fourth-order valence-electron chi connectivity index (χ4n) is 5.05. The second-order valence-electron chi connectivity index (χ2n) is 7.21. The molecule has 18 heavy (non-hydrogen) atoms. The topological polar surface area (TPSA) is 20.3 Å². The van der Waals surface area contributed by atoms with E-state index in [0.29, 0.717) is 17.9 Å². The fourth-order valence-corrected chi connectivity index (χ4v) is 5.05. The average molecular weight is 247 g/mol. The molecule has 100 valence electrons. The predicted octanol–water partition coefficient (Wildman–Crippen LogP) is 3.21. The van der Waals surface area contributed by atoms with E-state index in [2.05, 4.69) is 4.90 Å². The summed E-state index contributed by atoms with van der Waals surface area (Å²) < 4.78 is 0. The van der Waals surface area contributed by atoms with Crippen LogP contribution in [-0.4, -0.2) is 23.4 Å². The molecular weight excluding hydrogens is 222 g/mol. The van der Waals surface area contributed by atoms with E-state index >= 15 is 0 Å². The van der Waals surface area contributed by atoms with Crippen LogP contribution in [0.4, 0.5) is 0 Å². The van der Waals surface area contributed by atoms with Gasteiger partial charge in [0.1, 0.15) is 0 Å². The summed E-state index contributed by atoms with van der Waals surface area (Å²) >= 11 is 0. The van der Waals surface area contributed by atoms with Crippen LogP contribution in [0.25, 0.3) is 0 Å². The minimum absolute atomic E-state index is 0.412. The van der Waals surface area contributed by atoms with Crippen molar-refractivity contribution in [2.24, 2.45) is 23.7 Å². The van der Waals surface area contributed by atoms with Crippen LogP contribution < -0.4 is 0 Å². The van der Waals surface area contributed by atoms with Crippen LogP contribution in [0.2, 0.25) is 0 Å². The highest BCUT2D eigenvalue weighted by Gasteiger charge is 2.50. The fraction of sp³-hybridized carbons (Fsp3) is 0.938. The van der Waals surface area contributed by atoms with Crippen molar-refractivity contribution in [2.75, 3.05) is 6.54 Å². The third-order valence-electron chi connectivity index (χ3n) is 6.12. The van der Waals surface area contributed by atoms with Gasteiger partial charge in [-0.2, -0.15) is 0 Å². The maximum atomic E-state index is 12.7. The summed E-state index contributed by atoms with van der Waals surface area (Å²) in [7, 11) is 0. The Morgan fingerprint density at radius 2 is 1.56 bits per heavy atom. The molecule has 0 bridgehead atoms. The Kier molecular flexibility index (Phi) is 2.67. The lowest BCUT2D eigenvalue weighted by Crippen LogP contribution is -2.51. The summed E-state index contributed by atoms with van der Waals surface area (Å²) in [4.78, 5) is 15.1. The molecule has 4 aliphatic rings. The summed E-state index contributed by atoms with van der Waals surface area (Å²) in [5.41, 5.74) is 0. The standard InChI is InChI=1S/C16H25NO/c18-16(14-9-12-8-13(12)10-14)17-7-3-5-11-4-1-2-6-15(11)17/h11-15H,1-10H2/t11-,12?,13?,14?,15-/m1/s1. The largest absolute Gasteiger partial charge is 0.339 e. The van der Waals surface area contributed by atoms with Crippen molar-refractivity contribution in [1.29, 1.82) is 0 Å². The Balaban J connectivity index is 1.46. The highest BCUT2D eigenvalue weighted by Crippen LogP contribution is 2.55. The van der Waals surface area contributed by atoms with E-state index in [0.717, 1.165) is 24.3 Å². The highest BCUT2D eigenvalue weighted by molar-refractivity contribution is 5.80. The van der Waals surface area contributed by atoms with Gasteiger partial charge in [-0.05, 0) is 62.7 Å². The minimum Gasteiger partial charge on any atom is -0.339 e. The van der Waals surface area contributed by atoms with Gasteiger partial charge in [0.15, 0.2) is 0 Å². The molecule has 4 atom stereocenters. The smallest absolute Gasteiger partial charge is 0.225 e. The number of piperidine rings is 1. The predicted molar refractivity (Wildman–Crippen MR) is 71.0 cm³/mol. The van der Waals surface area contributed by atoms with Crippen LogP contribution in [0.1, 0.15) is 57.8 Å². The van der Waals surface area contributed by atoms with E-state index in [4.69, 9.17) is 0 Å². The van der Waals surface area contributed by atoms with Gasteiger partial charge in [-0.25, -0.2) is 0 Å². The number of carbonyl (C=O) groups excluding carboxylic acids is 1. The Bertz CT molecular complexity index is 341. The molecule has 0 aromatic carbocycles. The molecule has 1 aliphatic heterocycles. The molecular formula is C16H25NO. The molecule has 3 saturated carbocycles. The number of carbonyl (C=O) groups is 1. The number of rotatable bonds is 1. The van der Waals surface area contributed by atoms with Gasteiger partial charge < -0.3 is 4.90 Å². The lowest BCUT2D eigenvalue weighted by Gasteiger charge is -2.45. The first-order valence-corrected chi connectivity index (χ1v) is 8.13. The van der Waals surface area contributed by atoms with Crippen molar-refractivity contribution in [3.05, 3.63) is 0 Å². The van der Waals surface area contributed by atoms with Gasteiger partial charge in [0.25, 0.3) is 0 Å². The molecule has 4 fully saturated rings. The summed E-state index contributed by atoms with van der Waals surface area (Å²) in [6.07, 6.45) is 11.9. The zero-order valence-electron chi connectivity index (χ0n) is 11.3. The Hall–Kier alpha value is -0.530. The number of nitrogens with zero attached hydrogens (tertiary/aromatic N) is 1. The van der Waals surface area contributed by atoms with Crippen molar-refractivity contribution in [1.82, 2.24) is 4.90 Å². The molecule has 4 rings (SSSR count). The lowest BCUT2D eigenvalue weighted by atomic mass is 9.78. The van der Waals surface area contributed by atoms with Gasteiger partial charge in [0.05, 0.1) is 0 Å². The summed E-state index contributed by atoms with van der Waals surface area (Å²) in [6.45, 7) is 1.06. The third-order valence-corrected chi connectivity index (χ3v) is 6.12. The Morgan fingerprint density at radius 1 is 0.833 bits per heavy atom. The Labute approximate surface area is 110 Å². The summed E-state index contributed by atoms with van der Waals surface area (Å²) in [5, 5.41) is 0. The summed E-state index contributed by atoms with van der Waals surface area (Å²) in [5.74, 6) is 3.66. The van der Waals surface area contributed by atoms with Crippen molar-refractivity contribution >= 4 is 5.91 Å². The molecule has 0 N–H and O–H groups in total. The maximum absolute atomic E-state index is 12.7. The van der Waals surface area contributed by atoms with Crippen LogP contribution >= 0.6 is 0 Å². The molecule has 2 heteroatoms. The van der Waals surface area contributed by atoms with Crippen molar-refractivity contribution in [2.45, 2.75) is 63.8 Å². The lowest BCUT2D eigenvalue weighted by molar-refractivity contribution is -0.142. The van der Waals surface area contributed by atoms with E-state index in [9.17, 15) is 4.79 Å². The van der Waals surface area contributed by atoms with Gasteiger partial charge in [0.2, 0.25) is 5.91 Å². The van der Waals surface area contributed by atoms with Crippen molar-refractivity contribution in [3.8, 4) is 0 Å². The summed E-state index contributed by atoms with van der Waals surface area (Å²) in [6, 6.07) is 0.622. The second-order valence-corrected chi connectivity index (χ2v) is 7.21. The van der Waals surface area contributed by atoms with Crippen molar-refractivity contribution in [3.63, 3.8) is 0 Å². The number of hydrogen-bond donors (Lipinski definition) is 0. The average Bonchev–Trinajstić information content (AvgIpc) is 3.04. The van der Waals surface area contributed by atoms with E-state index in [1.54, 1.807) is 0 Å². The first kappa shape index (κ1) is 11.3. The van der Waals surface area contributed by atoms with E-state index < -0.39 is 0 Å². The molecule has 0 aromatic heterocycles. The molecule has 0 spiro atoms. The van der Waals surface area contributed by atoms with Gasteiger partial charge >= 0.3 is 0 Å². The zero-order valence-corrected chi connectivity index (χ0v) is 11.3. The van der Waals surface area contributed by atoms with Crippen LogP contribution in [0.3, 0.4) is 0 Å². The molecule has 2 unspecified atom stereocenters. The molecule has 1 saturated heterocycles. The molecule has 1 amide bonds. The highest BCUT2D eigenvalue weighted by atomic mass is 16.2. The van der Waals surface area contributed by atoms with Gasteiger partial charge in [-0.15, -0.1) is 0 Å². The molecule has 0 radical (unpaired) electrons. The van der Waals surface area contributed by atoms with Crippen LogP contribution in [0.15, 0.2) is 0 Å². The quantitative estimate of drug-likeness (QED) is 0.696.